The molecular weight excluding hydrogens is 325 g/mol. The van der Waals surface area contributed by atoms with Crippen LogP contribution < -0.4 is 10.5 Å². The molecule has 2 atom stereocenters. The molecule has 2 aromatic rings. The van der Waals surface area contributed by atoms with Gasteiger partial charge in [0.25, 0.3) is 5.56 Å². The van der Waals surface area contributed by atoms with Gasteiger partial charge in [0, 0.05) is 37.3 Å². The number of nitrogens with zero attached hydrogens (tertiary/aromatic N) is 5. The van der Waals surface area contributed by atoms with Crippen molar-refractivity contribution in [3.63, 3.8) is 0 Å². The van der Waals surface area contributed by atoms with Crippen LogP contribution in [0, 0.1) is 5.92 Å². The molecule has 22 heavy (non-hydrogen) atoms. The first-order chi connectivity index (χ1) is 10.6. The number of piperidine rings is 1. The minimum Gasteiger partial charge on any atom is -0.340 e. The Hall–Kier alpha value is -1.66. The van der Waals surface area contributed by atoms with Crippen LogP contribution in [0.2, 0.25) is 10.6 Å². The lowest BCUT2D eigenvalue weighted by molar-refractivity contribution is 0.279. The van der Waals surface area contributed by atoms with E-state index in [2.05, 4.69) is 19.9 Å². The second kappa shape index (κ2) is 5.21. The van der Waals surface area contributed by atoms with Gasteiger partial charge >= 0.3 is 0 Å². The molecule has 8 heteroatoms. The van der Waals surface area contributed by atoms with Crippen LogP contribution in [0.5, 0.6) is 0 Å². The molecular formula is C14H13Cl2N5O. The second-order valence-electron chi connectivity index (χ2n) is 5.78. The highest BCUT2D eigenvalue weighted by atomic mass is 35.5. The fourth-order valence-electron chi connectivity index (χ4n) is 3.52. The zero-order valence-corrected chi connectivity index (χ0v) is 13.1. The van der Waals surface area contributed by atoms with Gasteiger partial charge in [-0.15, -0.1) is 0 Å². The fourth-order valence-corrected chi connectivity index (χ4v) is 3.87. The molecule has 114 valence electrons. The number of anilines is 1. The van der Waals surface area contributed by atoms with Gasteiger partial charge in [-0.2, -0.15) is 15.0 Å². The summed E-state index contributed by atoms with van der Waals surface area (Å²) in [7, 11) is 0. The van der Waals surface area contributed by atoms with Crippen molar-refractivity contribution < 1.29 is 0 Å². The second-order valence-corrected chi connectivity index (χ2v) is 6.45. The van der Waals surface area contributed by atoms with Gasteiger partial charge in [-0.1, -0.05) is 6.07 Å². The van der Waals surface area contributed by atoms with Crippen molar-refractivity contribution in [3.8, 4) is 0 Å². The molecule has 0 saturated carbocycles. The Labute approximate surface area is 136 Å². The Bertz CT molecular complexity index is 773. The number of hydrogen-bond donors (Lipinski definition) is 0. The number of pyridine rings is 1. The molecule has 4 heterocycles. The van der Waals surface area contributed by atoms with E-state index < -0.39 is 0 Å². The summed E-state index contributed by atoms with van der Waals surface area (Å²) in [5.74, 6) is 1.18. The number of rotatable bonds is 1. The minimum absolute atomic E-state index is 0.0758. The van der Waals surface area contributed by atoms with Gasteiger partial charge in [0.1, 0.15) is 0 Å². The SMILES string of the molecule is O=c1cccc2n1C[C@@H]1C[C@H]2CN(c2nc(Cl)nc(Cl)n2)C1. The maximum absolute atomic E-state index is 12.0. The first-order valence-corrected chi connectivity index (χ1v) is 7.87. The van der Waals surface area contributed by atoms with E-state index in [-0.39, 0.29) is 22.0 Å². The van der Waals surface area contributed by atoms with Gasteiger partial charge in [0.2, 0.25) is 16.5 Å². The average molecular weight is 338 g/mol. The molecule has 0 radical (unpaired) electrons. The molecule has 6 nitrogen and oxygen atoms in total. The van der Waals surface area contributed by atoms with Crippen molar-refractivity contribution >= 4 is 29.2 Å². The molecule has 1 saturated heterocycles. The predicted octanol–water partition coefficient (Wildman–Crippen LogP) is 1.96. The van der Waals surface area contributed by atoms with Crippen molar-refractivity contribution in [2.45, 2.75) is 18.9 Å². The van der Waals surface area contributed by atoms with E-state index in [1.54, 1.807) is 6.07 Å². The van der Waals surface area contributed by atoms with Crippen molar-refractivity contribution in [3.05, 3.63) is 44.8 Å². The van der Waals surface area contributed by atoms with Crippen molar-refractivity contribution in [2.75, 3.05) is 18.0 Å². The van der Waals surface area contributed by atoms with Gasteiger partial charge in [0.15, 0.2) is 0 Å². The maximum Gasteiger partial charge on any atom is 0.250 e. The summed E-state index contributed by atoms with van der Waals surface area (Å²) in [6.07, 6.45) is 1.08. The van der Waals surface area contributed by atoms with Gasteiger partial charge < -0.3 is 9.47 Å². The minimum atomic E-state index is 0.0758. The van der Waals surface area contributed by atoms with E-state index in [9.17, 15) is 4.79 Å². The van der Waals surface area contributed by atoms with Gasteiger partial charge in [-0.25, -0.2) is 0 Å². The van der Waals surface area contributed by atoms with E-state index in [1.807, 2.05) is 16.7 Å². The summed E-state index contributed by atoms with van der Waals surface area (Å²) in [6, 6.07) is 5.47. The quantitative estimate of drug-likeness (QED) is 0.795. The summed E-state index contributed by atoms with van der Waals surface area (Å²) in [6.45, 7) is 2.26. The van der Waals surface area contributed by atoms with E-state index in [0.29, 0.717) is 11.9 Å². The molecule has 2 aliphatic heterocycles. The van der Waals surface area contributed by atoms with Crippen LogP contribution in [0.25, 0.3) is 0 Å². The van der Waals surface area contributed by atoms with E-state index in [4.69, 9.17) is 23.2 Å². The first-order valence-electron chi connectivity index (χ1n) is 7.12. The Balaban J connectivity index is 1.70. The highest BCUT2D eigenvalue weighted by Gasteiger charge is 2.35. The third-order valence-electron chi connectivity index (χ3n) is 4.33. The summed E-state index contributed by atoms with van der Waals surface area (Å²) < 4.78 is 1.89. The Morgan fingerprint density at radius 3 is 2.59 bits per heavy atom. The van der Waals surface area contributed by atoms with Crippen LogP contribution in [0.15, 0.2) is 23.0 Å². The van der Waals surface area contributed by atoms with Crippen molar-refractivity contribution in [1.82, 2.24) is 19.5 Å². The molecule has 0 amide bonds. The zero-order chi connectivity index (χ0) is 15.3. The number of hydrogen-bond acceptors (Lipinski definition) is 5. The molecule has 2 aromatic heterocycles. The fraction of sp³-hybridized carbons (Fsp3) is 0.429. The van der Waals surface area contributed by atoms with E-state index >= 15 is 0 Å². The average Bonchev–Trinajstić information content (AvgIpc) is 2.47. The van der Waals surface area contributed by atoms with Crippen LogP contribution >= 0.6 is 23.2 Å². The molecule has 0 spiro atoms. The van der Waals surface area contributed by atoms with Crippen LogP contribution in [-0.4, -0.2) is 32.6 Å². The summed E-state index contributed by atoms with van der Waals surface area (Å²) in [5.41, 5.74) is 1.16. The van der Waals surface area contributed by atoms with Crippen LogP contribution in [0.1, 0.15) is 18.0 Å². The third kappa shape index (κ3) is 2.36. The zero-order valence-electron chi connectivity index (χ0n) is 11.6. The predicted molar refractivity (Wildman–Crippen MR) is 83.6 cm³/mol. The lowest BCUT2D eigenvalue weighted by Crippen LogP contribution is -2.47. The molecule has 4 rings (SSSR count). The number of aromatic nitrogens is 4. The Morgan fingerprint density at radius 1 is 1.05 bits per heavy atom. The number of fused-ring (bicyclic) bond motifs is 4. The first kappa shape index (κ1) is 14.0. The summed E-state index contributed by atoms with van der Waals surface area (Å²) in [4.78, 5) is 26.2. The lowest BCUT2D eigenvalue weighted by atomic mass is 9.83. The van der Waals surface area contributed by atoms with Crippen LogP contribution in [0.4, 0.5) is 5.95 Å². The van der Waals surface area contributed by atoms with Crippen LogP contribution in [-0.2, 0) is 6.54 Å². The van der Waals surface area contributed by atoms with Crippen molar-refractivity contribution in [1.29, 1.82) is 0 Å². The van der Waals surface area contributed by atoms with E-state index in [1.165, 1.54) is 0 Å². The molecule has 2 aliphatic rings. The lowest BCUT2D eigenvalue weighted by Gasteiger charge is -2.42. The summed E-state index contributed by atoms with van der Waals surface area (Å²) >= 11 is 11.7. The molecule has 2 bridgehead atoms. The normalized spacial score (nSPS) is 23.3. The molecule has 0 N–H and O–H groups in total. The highest BCUT2D eigenvalue weighted by Crippen LogP contribution is 2.36. The largest absolute Gasteiger partial charge is 0.340 e. The number of halogens is 2. The van der Waals surface area contributed by atoms with Gasteiger partial charge in [0.05, 0.1) is 0 Å². The maximum atomic E-state index is 12.0. The molecule has 1 fully saturated rings. The van der Waals surface area contributed by atoms with Crippen molar-refractivity contribution in [2.24, 2.45) is 5.92 Å². The van der Waals surface area contributed by atoms with Crippen LogP contribution in [0.3, 0.4) is 0 Å². The third-order valence-corrected chi connectivity index (χ3v) is 4.67. The van der Waals surface area contributed by atoms with Gasteiger partial charge in [-0.3, -0.25) is 4.79 Å². The molecule has 0 aromatic carbocycles. The molecule has 0 aliphatic carbocycles. The summed E-state index contributed by atoms with van der Waals surface area (Å²) in [5, 5.41) is 0.199. The standard InChI is InChI=1S/C14H13Cl2N5O/c15-12-17-13(16)19-14(18-12)20-5-8-4-9(7-20)10-2-1-3-11(22)21(10)6-8/h1-3,8-9H,4-7H2/t8-,9+/m1/s1. The van der Waals surface area contributed by atoms with E-state index in [0.717, 1.165) is 31.7 Å². The Kier molecular flexibility index (Phi) is 3.31. The smallest absolute Gasteiger partial charge is 0.250 e. The Morgan fingerprint density at radius 2 is 1.82 bits per heavy atom. The highest BCUT2D eigenvalue weighted by molar-refractivity contribution is 6.31. The van der Waals surface area contributed by atoms with Gasteiger partial charge in [-0.05, 0) is 41.6 Å². The monoisotopic (exact) mass is 337 g/mol. The molecule has 0 unspecified atom stereocenters. The topological polar surface area (TPSA) is 63.9 Å².